The van der Waals surface area contributed by atoms with E-state index in [9.17, 15) is 0 Å². The second-order valence-corrected chi connectivity index (χ2v) is 7.76. The van der Waals surface area contributed by atoms with Crippen molar-refractivity contribution < 1.29 is 22.8 Å². The number of epoxide rings is 1. The maximum Gasteiger partial charge on any atom is 0.528 e. The molecule has 6 heteroatoms. The van der Waals surface area contributed by atoms with E-state index in [1.54, 1.807) is 21.3 Å². The molecule has 1 fully saturated rings. The smallest absolute Gasteiger partial charge is 0.379 e. The zero-order valence-corrected chi connectivity index (χ0v) is 15.5. The van der Waals surface area contributed by atoms with E-state index in [-0.39, 0.29) is 0 Å². The van der Waals surface area contributed by atoms with Crippen LogP contribution in [-0.2, 0) is 22.8 Å². The summed E-state index contributed by atoms with van der Waals surface area (Å²) in [6, 6.07) is 9.96. The van der Waals surface area contributed by atoms with Crippen molar-refractivity contribution >= 4 is 14.9 Å². The lowest BCUT2D eigenvalue weighted by molar-refractivity contribution is 0.117. The average Bonchev–Trinajstić information content (AvgIpc) is 3.43. The molecule has 0 saturated carbocycles. The van der Waals surface area contributed by atoms with Crippen LogP contribution in [0.2, 0.25) is 0 Å². The van der Waals surface area contributed by atoms with Crippen LogP contribution >= 0.6 is 0 Å². The molecule has 1 heterocycles. The Morgan fingerprint density at radius 2 is 1.74 bits per heavy atom. The summed E-state index contributed by atoms with van der Waals surface area (Å²) in [7, 11) is 2.19. The Bertz CT molecular complexity index is 422. The molecule has 130 valence electrons. The van der Waals surface area contributed by atoms with Gasteiger partial charge >= 0.3 is 8.80 Å². The minimum atomic E-state index is -2.58. The van der Waals surface area contributed by atoms with Gasteiger partial charge in [0.25, 0.3) is 0 Å². The lowest BCUT2D eigenvalue weighted by Crippen LogP contribution is -2.40. The van der Waals surface area contributed by atoms with Crippen molar-refractivity contribution in [2.24, 2.45) is 0 Å². The van der Waals surface area contributed by atoms with Gasteiger partial charge < -0.3 is 22.8 Å². The summed E-state index contributed by atoms with van der Waals surface area (Å²) in [6.45, 7) is 4.69. The third-order valence-electron chi connectivity index (χ3n) is 3.19. The largest absolute Gasteiger partial charge is 0.528 e. The SMILES string of the molecule is CCCOCC1CO1.CO[Si](C=Cc1ccccc1)(OC)OC. The van der Waals surface area contributed by atoms with Crippen molar-refractivity contribution in [3.05, 3.63) is 41.6 Å². The number of ether oxygens (including phenoxy) is 2. The highest BCUT2D eigenvalue weighted by Gasteiger charge is 2.34. The van der Waals surface area contributed by atoms with Gasteiger partial charge in [-0.1, -0.05) is 43.3 Å². The summed E-state index contributed by atoms with van der Waals surface area (Å²) in [5, 5.41) is 0. The van der Waals surface area contributed by atoms with Crippen molar-refractivity contribution in [1.29, 1.82) is 0 Å². The first-order valence-electron chi connectivity index (χ1n) is 7.78. The molecule has 0 aromatic heterocycles. The zero-order chi connectivity index (χ0) is 17.0. The maximum atomic E-state index is 5.27. The minimum Gasteiger partial charge on any atom is -0.379 e. The molecule has 1 unspecified atom stereocenters. The van der Waals surface area contributed by atoms with Crippen LogP contribution in [0, 0.1) is 0 Å². The Labute approximate surface area is 140 Å². The van der Waals surface area contributed by atoms with Crippen LogP contribution in [0.25, 0.3) is 6.08 Å². The Balaban J connectivity index is 0.000000277. The first-order valence-corrected chi connectivity index (χ1v) is 9.59. The fourth-order valence-corrected chi connectivity index (χ4v) is 3.04. The van der Waals surface area contributed by atoms with Gasteiger partial charge in [0.15, 0.2) is 0 Å². The van der Waals surface area contributed by atoms with Gasteiger partial charge in [0, 0.05) is 27.9 Å². The zero-order valence-electron chi connectivity index (χ0n) is 14.5. The van der Waals surface area contributed by atoms with Crippen LogP contribution < -0.4 is 0 Å². The van der Waals surface area contributed by atoms with E-state index in [2.05, 4.69) is 6.92 Å². The monoisotopic (exact) mass is 340 g/mol. The van der Waals surface area contributed by atoms with Crippen LogP contribution in [0.1, 0.15) is 18.9 Å². The van der Waals surface area contributed by atoms with Crippen molar-refractivity contribution in [2.45, 2.75) is 19.4 Å². The molecule has 0 N–H and O–H groups in total. The first kappa shape index (κ1) is 20.0. The minimum absolute atomic E-state index is 0.432. The van der Waals surface area contributed by atoms with E-state index < -0.39 is 8.80 Å². The second-order valence-electron chi connectivity index (χ2n) is 4.99. The molecule has 1 aliphatic heterocycles. The molecule has 0 radical (unpaired) electrons. The molecule has 1 aliphatic rings. The molecule has 2 rings (SSSR count). The van der Waals surface area contributed by atoms with Crippen LogP contribution in [0.4, 0.5) is 0 Å². The molecule has 0 bridgehead atoms. The molecule has 0 spiro atoms. The van der Waals surface area contributed by atoms with Crippen LogP contribution in [-0.4, -0.2) is 56.1 Å². The third kappa shape index (κ3) is 8.41. The van der Waals surface area contributed by atoms with E-state index in [0.29, 0.717) is 6.10 Å². The van der Waals surface area contributed by atoms with Crippen LogP contribution in [0.3, 0.4) is 0 Å². The molecular weight excluding hydrogens is 312 g/mol. The number of rotatable bonds is 9. The predicted molar refractivity (Wildman–Crippen MR) is 93.1 cm³/mol. The molecule has 1 aromatic rings. The van der Waals surface area contributed by atoms with Crippen molar-refractivity contribution in [3.63, 3.8) is 0 Å². The first-order chi connectivity index (χ1) is 11.2. The van der Waals surface area contributed by atoms with Crippen molar-refractivity contribution in [1.82, 2.24) is 0 Å². The van der Waals surface area contributed by atoms with Crippen molar-refractivity contribution in [2.75, 3.05) is 41.2 Å². The highest BCUT2D eigenvalue weighted by atomic mass is 28.4. The fraction of sp³-hybridized carbons (Fsp3) is 0.529. The molecule has 1 aromatic carbocycles. The van der Waals surface area contributed by atoms with Gasteiger partial charge in [-0.3, -0.25) is 0 Å². The number of benzene rings is 1. The Morgan fingerprint density at radius 3 is 2.22 bits per heavy atom. The fourth-order valence-electron chi connectivity index (χ4n) is 1.74. The van der Waals surface area contributed by atoms with E-state index in [1.807, 2.05) is 42.1 Å². The normalized spacial score (nSPS) is 17.0. The number of hydrogen-bond acceptors (Lipinski definition) is 5. The van der Waals surface area contributed by atoms with E-state index in [1.165, 1.54) is 0 Å². The number of hydrogen-bond donors (Lipinski definition) is 0. The molecule has 1 saturated heterocycles. The molecule has 0 aliphatic carbocycles. The Morgan fingerprint density at radius 1 is 1.13 bits per heavy atom. The quantitative estimate of drug-likeness (QED) is 0.393. The highest BCUT2D eigenvalue weighted by molar-refractivity contribution is 6.66. The van der Waals surface area contributed by atoms with Gasteiger partial charge in [-0.05, 0) is 17.7 Å². The lowest BCUT2D eigenvalue weighted by Gasteiger charge is -2.20. The summed E-state index contributed by atoms with van der Waals surface area (Å²) in [5.41, 5.74) is 2.96. The van der Waals surface area contributed by atoms with Gasteiger partial charge in [0.1, 0.15) is 6.10 Å². The van der Waals surface area contributed by atoms with Gasteiger partial charge in [-0.15, -0.1) is 0 Å². The van der Waals surface area contributed by atoms with E-state index in [4.69, 9.17) is 22.8 Å². The molecule has 5 nitrogen and oxygen atoms in total. The Kier molecular flexibility index (Phi) is 10.0. The summed E-state index contributed by atoms with van der Waals surface area (Å²) < 4.78 is 25.9. The van der Waals surface area contributed by atoms with Gasteiger partial charge in [0.05, 0.1) is 13.2 Å². The maximum absolute atomic E-state index is 5.27. The van der Waals surface area contributed by atoms with Gasteiger partial charge in [0.2, 0.25) is 0 Å². The standard InChI is InChI=1S/C11H16O3Si.C6H12O2/c1-12-15(13-2,14-3)10-9-11-7-5-4-6-8-11;1-2-3-7-4-6-5-8-6/h4-10H,1-3H3;6H,2-5H2,1H3. The highest BCUT2D eigenvalue weighted by Crippen LogP contribution is 2.11. The topological polar surface area (TPSA) is 49.5 Å². The van der Waals surface area contributed by atoms with Crippen LogP contribution in [0.15, 0.2) is 36.0 Å². The summed E-state index contributed by atoms with van der Waals surface area (Å²) in [4.78, 5) is 0. The van der Waals surface area contributed by atoms with Gasteiger partial charge in [-0.25, -0.2) is 0 Å². The lowest BCUT2D eigenvalue weighted by atomic mass is 10.2. The summed E-state index contributed by atoms with van der Waals surface area (Å²) in [6.07, 6.45) is 3.48. The van der Waals surface area contributed by atoms with Gasteiger partial charge in [-0.2, -0.15) is 0 Å². The molecule has 0 amide bonds. The molecular formula is C17H28O5Si. The predicted octanol–water partition coefficient (Wildman–Crippen LogP) is 2.93. The Hall–Kier alpha value is -1.02. The van der Waals surface area contributed by atoms with E-state index >= 15 is 0 Å². The molecule has 23 heavy (non-hydrogen) atoms. The average molecular weight is 340 g/mol. The summed E-state index contributed by atoms with van der Waals surface area (Å²) >= 11 is 0. The third-order valence-corrected chi connectivity index (χ3v) is 5.47. The van der Waals surface area contributed by atoms with E-state index in [0.717, 1.165) is 31.8 Å². The second kappa shape index (κ2) is 11.5. The van der Waals surface area contributed by atoms with Crippen molar-refractivity contribution in [3.8, 4) is 0 Å². The summed E-state index contributed by atoms with van der Waals surface area (Å²) in [5.74, 6) is 0. The molecule has 1 atom stereocenters. The van der Waals surface area contributed by atoms with Crippen LogP contribution in [0.5, 0.6) is 0 Å².